The fraction of sp³-hybridized carbons (Fsp3) is 0.308. The van der Waals surface area contributed by atoms with E-state index in [0.717, 1.165) is 10.5 Å². The molecule has 2 aliphatic rings. The SMILES string of the molecule is CC(C)(C)c1ccc(C(=O)C(=O)NCc2cccc3c2C(=O)N(C2CCC(=O)NC2=O)C3=O)cc1. The Kier molecular flexibility index (Phi) is 6.10. The molecule has 2 heterocycles. The number of benzene rings is 2. The average Bonchev–Trinajstić information content (AvgIpc) is 3.07. The number of carbonyl (C=O) groups excluding carboxylic acids is 6. The quantitative estimate of drug-likeness (QED) is 0.386. The summed E-state index contributed by atoms with van der Waals surface area (Å²) < 4.78 is 0. The summed E-state index contributed by atoms with van der Waals surface area (Å²) in [6.07, 6.45) is 0.0658. The van der Waals surface area contributed by atoms with Crippen LogP contribution in [0.4, 0.5) is 0 Å². The van der Waals surface area contributed by atoms with Crippen LogP contribution in [0, 0.1) is 0 Å². The molecule has 1 unspecified atom stereocenters. The number of nitrogens with one attached hydrogen (secondary N) is 2. The van der Waals surface area contributed by atoms with Crippen LogP contribution in [-0.2, 0) is 26.3 Å². The van der Waals surface area contributed by atoms with Gasteiger partial charge in [-0.15, -0.1) is 0 Å². The summed E-state index contributed by atoms with van der Waals surface area (Å²) in [7, 11) is 0. The van der Waals surface area contributed by atoms with E-state index in [1.54, 1.807) is 36.4 Å². The molecule has 2 aliphatic heterocycles. The van der Waals surface area contributed by atoms with Crippen molar-refractivity contribution in [2.75, 3.05) is 0 Å². The zero-order chi connectivity index (χ0) is 25.5. The van der Waals surface area contributed by atoms with Gasteiger partial charge in [0.05, 0.1) is 11.1 Å². The highest BCUT2D eigenvalue weighted by Gasteiger charge is 2.45. The molecule has 1 saturated heterocycles. The van der Waals surface area contributed by atoms with Gasteiger partial charge in [0.15, 0.2) is 0 Å². The minimum absolute atomic E-state index is 0.0194. The number of carbonyl (C=O) groups is 6. The highest BCUT2D eigenvalue weighted by atomic mass is 16.2. The number of fused-ring (bicyclic) bond motifs is 1. The van der Waals surface area contributed by atoms with E-state index in [9.17, 15) is 28.8 Å². The number of ketones is 1. The highest BCUT2D eigenvalue weighted by Crippen LogP contribution is 2.30. The summed E-state index contributed by atoms with van der Waals surface area (Å²) in [5.41, 5.74) is 1.70. The molecule has 2 aromatic rings. The van der Waals surface area contributed by atoms with E-state index in [2.05, 4.69) is 10.6 Å². The Labute approximate surface area is 201 Å². The van der Waals surface area contributed by atoms with Gasteiger partial charge >= 0.3 is 0 Å². The minimum Gasteiger partial charge on any atom is -0.345 e. The fourth-order valence-electron chi connectivity index (χ4n) is 4.24. The van der Waals surface area contributed by atoms with Crippen LogP contribution >= 0.6 is 0 Å². The first-order valence-corrected chi connectivity index (χ1v) is 11.3. The molecule has 0 saturated carbocycles. The molecule has 2 aromatic carbocycles. The van der Waals surface area contributed by atoms with Gasteiger partial charge in [0.2, 0.25) is 17.6 Å². The second-order valence-electron chi connectivity index (χ2n) is 9.63. The number of nitrogens with zero attached hydrogens (tertiary/aromatic N) is 1. The van der Waals surface area contributed by atoms with E-state index in [1.165, 1.54) is 6.07 Å². The van der Waals surface area contributed by atoms with Gasteiger partial charge in [-0.2, -0.15) is 0 Å². The molecule has 0 aliphatic carbocycles. The van der Waals surface area contributed by atoms with Gasteiger partial charge in [-0.05, 0) is 29.0 Å². The monoisotopic (exact) mass is 475 g/mol. The molecule has 5 amide bonds. The van der Waals surface area contributed by atoms with Crippen LogP contribution in [0.5, 0.6) is 0 Å². The third kappa shape index (κ3) is 4.49. The third-order valence-electron chi connectivity index (χ3n) is 6.21. The van der Waals surface area contributed by atoms with Crippen LogP contribution in [-0.4, -0.2) is 46.3 Å². The van der Waals surface area contributed by atoms with Crippen molar-refractivity contribution < 1.29 is 28.8 Å². The summed E-state index contributed by atoms with van der Waals surface area (Å²) in [5, 5.41) is 4.67. The number of hydrogen-bond donors (Lipinski definition) is 2. The molecule has 9 nitrogen and oxygen atoms in total. The smallest absolute Gasteiger partial charge is 0.292 e. The summed E-state index contributed by atoms with van der Waals surface area (Å²) in [4.78, 5) is 75.7. The molecule has 180 valence electrons. The number of piperidine rings is 1. The van der Waals surface area contributed by atoms with Crippen LogP contribution in [0.3, 0.4) is 0 Å². The maximum absolute atomic E-state index is 13.1. The molecule has 0 radical (unpaired) electrons. The first-order valence-electron chi connectivity index (χ1n) is 11.3. The Morgan fingerprint density at radius 2 is 1.69 bits per heavy atom. The zero-order valence-corrected chi connectivity index (χ0v) is 19.6. The molecule has 9 heteroatoms. The number of rotatable bonds is 5. The van der Waals surface area contributed by atoms with Gasteiger partial charge in [-0.25, -0.2) is 0 Å². The van der Waals surface area contributed by atoms with Crippen molar-refractivity contribution in [2.45, 2.75) is 51.6 Å². The van der Waals surface area contributed by atoms with E-state index in [-0.39, 0.29) is 41.5 Å². The van der Waals surface area contributed by atoms with Crippen molar-refractivity contribution in [1.29, 1.82) is 0 Å². The van der Waals surface area contributed by atoms with Gasteiger partial charge in [-0.3, -0.25) is 39.0 Å². The minimum atomic E-state index is -1.08. The van der Waals surface area contributed by atoms with Crippen LogP contribution in [0.15, 0.2) is 42.5 Å². The van der Waals surface area contributed by atoms with E-state index in [1.807, 2.05) is 20.8 Å². The first kappa shape index (κ1) is 24.0. The molecule has 0 spiro atoms. The van der Waals surface area contributed by atoms with Gasteiger partial charge < -0.3 is 5.32 Å². The summed E-state index contributed by atoms with van der Waals surface area (Å²) in [5.74, 6) is -4.02. The van der Waals surface area contributed by atoms with Crippen molar-refractivity contribution in [2.24, 2.45) is 0 Å². The van der Waals surface area contributed by atoms with E-state index >= 15 is 0 Å². The fourth-order valence-corrected chi connectivity index (χ4v) is 4.24. The number of Topliss-reactive ketones (excluding diaryl/α,β-unsaturated/α-hetero) is 1. The van der Waals surface area contributed by atoms with Gasteiger partial charge in [0, 0.05) is 18.5 Å². The largest absolute Gasteiger partial charge is 0.345 e. The zero-order valence-electron chi connectivity index (χ0n) is 19.6. The molecule has 1 fully saturated rings. The lowest BCUT2D eigenvalue weighted by Gasteiger charge is -2.27. The van der Waals surface area contributed by atoms with Crippen molar-refractivity contribution in [3.8, 4) is 0 Å². The molecular weight excluding hydrogens is 450 g/mol. The summed E-state index contributed by atoms with van der Waals surface area (Å²) in [6.45, 7) is 5.97. The van der Waals surface area contributed by atoms with E-state index in [0.29, 0.717) is 5.56 Å². The maximum Gasteiger partial charge on any atom is 0.292 e. The van der Waals surface area contributed by atoms with Crippen LogP contribution < -0.4 is 10.6 Å². The normalized spacial score (nSPS) is 17.8. The van der Waals surface area contributed by atoms with Gasteiger partial charge in [0.1, 0.15) is 6.04 Å². The second kappa shape index (κ2) is 8.90. The molecule has 35 heavy (non-hydrogen) atoms. The third-order valence-corrected chi connectivity index (χ3v) is 6.21. The van der Waals surface area contributed by atoms with Crippen LogP contribution in [0.2, 0.25) is 0 Å². The Bertz CT molecular complexity index is 1270. The molecule has 0 bridgehead atoms. The van der Waals surface area contributed by atoms with Gasteiger partial charge in [-0.1, -0.05) is 57.2 Å². The number of imide groups is 2. The van der Waals surface area contributed by atoms with E-state index in [4.69, 9.17) is 0 Å². The predicted molar refractivity (Wildman–Crippen MR) is 124 cm³/mol. The molecular formula is C26H25N3O6. The lowest BCUT2D eigenvalue weighted by atomic mass is 9.86. The molecule has 0 aromatic heterocycles. The Balaban J connectivity index is 1.49. The lowest BCUT2D eigenvalue weighted by molar-refractivity contribution is -0.136. The van der Waals surface area contributed by atoms with Crippen LogP contribution in [0.25, 0.3) is 0 Å². The van der Waals surface area contributed by atoms with Crippen molar-refractivity contribution in [1.82, 2.24) is 15.5 Å². The van der Waals surface area contributed by atoms with Crippen molar-refractivity contribution in [3.05, 3.63) is 70.3 Å². The predicted octanol–water partition coefficient (Wildman–Crippen LogP) is 1.88. The number of hydrogen-bond acceptors (Lipinski definition) is 6. The molecule has 2 N–H and O–H groups in total. The van der Waals surface area contributed by atoms with Crippen LogP contribution in [0.1, 0.15) is 75.8 Å². The molecule has 1 atom stereocenters. The summed E-state index contributed by atoms with van der Waals surface area (Å²) in [6, 6.07) is 10.3. The Morgan fingerprint density at radius 3 is 2.31 bits per heavy atom. The average molecular weight is 476 g/mol. The topological polar surface area (TPSA) is 130 Å². The standard InChI is InChI=1S/C26H25N3O6/c1-26(2,3)16-9-7-14(8-10-16)21(31)23(33)27-13-15-5-4-6-17-20(15)25(35)29(24(17)34)18-11-12-19(30)28-22(18)32/h4-10,18H,11-13H2,1-3H3,(H,27,33)(H,28,30,32). The van der Waals surface area contributed by atoms with E-state index < -0.39 is 41.4 Å². The highest BCUT2D eigenvalue weighted by molar-refractivity contribution is 6.42. The summed E-state index contributed by atoms with van der Waals surface area (Å²) >= 11 is 0. The number of amides is 5. The van der Waals surface area contributed by atoms with Crippen molar-refractivity contribution in [3.63, 3.8) is 0 Å². The first-order chi connectivity index (χ1) is 16.5. The van der Waals surface area contributed by atoms with Crippen molar-refractivity contribution >= 4 is 35.3 Å². The lowest BCUT2D eigenvalue weighted by Crippen LogP contribution is -2.54. The van der Waals surface area contributed by atoms with Gasteiger partial charge in [0.25, 0.3) is 17.7 Å². The Hall–Kier alpha value is -4.14. The Morgan fingerprint density at radius 1 is 1.00 bits per heavy atom. The molecule has 4 rings (SSSR count). The maximum atomic E-state index is 13.1. The second-order valence-corrected chi connectivity index (χ2v) is 9.63.